The molecule has 5 nitrogen and oxygen atoms in total. The van der Waals surface area contributed by atoms with Gasteiger partial charge in [0.25, 0.3) is 0 Å². The first kappa shape index (κ1) is 9.60. The molecule has 2 atom stereocenters. The van der Waals surface area contributed by atoms with E-state index in [1.165, 1.54) is 6.92 Å². The van der Waals surface area contributed by atoms with Crippen LogP contribution in [0.4, 0.5) is 0 Å². The van der Waals surface area contributed by atoms with Gasteiger partial charge < -0.3 is 16.0 Å². The lowest BCUT2D eigenvalue weighted by Gasteiger charge is -2.03. The van der Waals surface area contributed by atoms with Crippen molar-refractivity contribution in [1.29, 1.82) is 0 Å². The van der Waals surface area contributed by atoms with E-state index in [1.54, 1.807) is 0 Å². The fourth-order valence-corrected chi connectivity index (χ4v) is 0.661. The zero-order valence-electron chi connectivity index (χ0n) is 5.35. The standard InChI is InChI=1S/C3H9N3O2S2/c1-2(6-3(4)5)10(7,8)9/h2H,1H3,(H4,4,5,6)(H,7,8,9). The van der Waals surface area contributed by atoms with Gasteiger partial charge in [-0.15, -0.1) is 0 Å². The van der Waals surface area contributed by atoms with Gasteiger partial charge in [0.1, 0.15) is 0 Å². The van der Waals surface area contributed by atoms with E-state index in [0.717, 1.165) is 0 Å². The Morgan fingerprint density at radius 1 is 1.80 bits per heavy atom. The molecule has 0 saturated heterocycles. The molecule has 5 N–H and O–H groups in total. The quantitative estimate of drug-likeness (QED) is 0.369. The van der Waals surface area contributed by atoms with Crippen LogP contribution in [0.25, 0.3) is 0 Å². The molecule has 0 aliphatic carbocycles. The zero-order chi connectivity index (χ0) is 8.36. The number of rotatable bonds is 2. The van der Waals surface area contributed by atoms with Crippen LogP contribution in [-0.2, 0) is 20.0 Å². The van der Waals surface area contributed by atoms with Crippen molar-refractivity contribution in [2.45, 2.75) is 12.3 Å². The zero-order valence-corrected chi connectivity index (χ0v) is 6.98. The molecule has 10 heavy (non-hydrogen) atoms. The highest BCUT2D eigenvalue weighted by Crippen LogP contribution is 1.97. The Kier molecular flexibility index (Phi) is 3.00. The molecule has 60 valence electrons. The van der Waals surface area contributed by atoms with Crippen molar-refractivity contribution in [3.63, 3.8) is 0 Å². The molecule has 0 aromatic heterocycles. The SMILES string of the molecule is CC(N=C(N)N)S(=O)(O)=S. The van der Waals surface area contributed by atoms with Crippen LogP contribution >= 0.6 is 0 Å². The Morgan fingerprint density at radius 2 is 2.20 bits per heavy atom. The maximum Gasteiger partial charge on any atom is 0.187 e. The number of nitrogens with zero attached hydrogens (tertiary/aromatic N) is 1. The summed E-state index contributed by atoms with van der Waals surface area (Å²) < 4.78 is 19.2. The van der Waals surface area contributed by atoms with Gasteiger partial charge in [0, 0.05) is 11.2 Å². The highest BCUT2D eigenvalue weighted by atomic mass is 32.8. The average Bonchev–Trinajstić information content (AvgIpc) is 1.60. The molecule has 0 saturated carbocycles. The van der Waals surface area contributed by atoms with Gasteiger partial charge in [-0.05, 0) is 6.92 Å². The molecule has 0 aliphatic heterocycles. The van der Waals surface area contributed by atoms with Crippen LogP contribution in [-0.4, -0.2) is 20.1 Å². The molecule has 0 fully saturated rings. The molecule has 0 rings (SSSR count). The summed E-state index contributed by atoms with van der Waals surface area (Å²) in [7, 11) is -3.31. The summed E-state index contributed by atoms with van der Waals surface area (Å²) in [5.74, 6) is -0.237. The van der Waals surface area contributed by atoms with Gasteiger partial charge in [-0.2, -0.15) is 0 Å². The fraction of sp³-hybridized carbons (Fsp3) is 0.667. The minimum Gasteiger partial charge on any atom is -0.370 e. The number of hydrogen-bond acceptors (Lipinski definition) is 3. The third-order valence-corrected chi connectivity index (χ3v) is 2.57. The van der Waals surface area contributed by atoms with Crippen LogP contribution in [0.3, 0.4) is 0 Å². The Labute approximate surface area is 64.0 Å². The second-order valence-electron chi connectivity index (χ2n) is 1.67. The maximum absolute atomic E-state index is 10.6. The topological polar surface area (TPSA) is 102 Å². The van der Waals surface area contributed by atoms with Gasteiger partial charge in [-0.25, -0.2) is 9.20 Å². The molecular formula is C3H9N3O2S2. The van der Waals surface area contributed by atoms with Gasteiger partial charge in [0.05, 0.1) is 0 Å². The Morgan fingerprint density at radius 3 is 2.30 bits per heavy atom. The molecule has 2 unspecified atom stereocenters. The lowest BCUT2D eigenvalue weighted by atomic mass is 10.8. The monoisotopic (exact) mass is 183 g/mol. The predicted octanol–water partition coefficient (Wildman–Crippen LogP) is -1.17. The third kappa shape index (κ3) is 3.59. The molecule has 0 spiro atoms. The smallest absolute Gasteiger partial charge is 0.187 e. The van der Waals surface area contributed by atoms with Crippen LogP contribution in [0.15, 0.2) is 4.99 Å². The van der Waals surface area contributed by atoms with Crippen molar-refractivity contribution < 1.29 is 8.76 Å². The van der Waals surface area contributed by atoms with Gasteiger partial charge in [-0.3, -0.25) is 0 Å². The van der Waals surface area contributed by atoms with E-state index in [2.05, 4.69) is 16.2 Å². The second-order valence-corrected chi connectivity index (χ2v) is 4.81. The third-order valence-electron chi connectivity index (χ3n) is 0.762. The summed E-state index contributed by atoms with van der Waals surface area (Å²) in [6, 6.07) is 0. The number of aliphatic imine (C=N–C) groups is 1. The molecular weight excluding hydrogens is 174 g/mol. The van der Waals surface area contributed by atoms with E-state index < -0.39 is 14.1 Å². The molecule has 0 radical (unpaired) electrons. The van der Waals surface area contributed by atoms with Crippen molar-refractivity contribution >= 4 is 25.9 Å². The minimum absolute atomic E-state index is 0.237. The first-order valence-corrected chi connectivity index (χ1v) is 4.89. The first-order valence-electron chi connectivity index (χ1n) is 2.39. The molecule has 0 bridgehead atoms. The summed E-state index contributed by atoms with van der Waals surface area (Å²) >= 11 is 4.19. The van der Waals surface area contributed by atoms with Crippen LogP contribution in [0.1, 0.15) is 6.92 Å². The van der Waals surface area contributed by atoms with E-state index in [0.29, 0.717) is 0 Å². The summed E-state index contributed by atoms with van der Waals surface area (Å²) in [4.78, 5) is 3.39. The van der Waals surface area contributed by atoms with Crippen LogP contribution in [0.2, 0.25) is 0 Å². The van der Waals surface area contributed by atoms with Crippen LogP contribution in [0, 0.1) is 0 Å². The van der Waals surface area contributed by atoms with E-state index in [-0.39, 0.29) is 5.96 Å². The van der Waals surface area contributed by atoms with E-state index >= 15 is 0 Å². The molecule has 0 aromatic carbocycles. The summed E-state index contributed by atoms with van der Waals surface area (Å²) in [6.45, 7) is 1.37. The highest BCUT2D eigenvalue weighted by Gasteiger charge is 2.10. The van der Waals surface area contributed by atoms with Crippen LogP contribution < -0.4 is 11.5 Å². The van der Waals surface area contributed by atoms with Crippen molar-refractivity contribution in [1.82, 2.24) is 0 Å². The Hall–Kier alpha value is -0.400. The second kappa shape index (κ2) is 3.13. The van der Waals surface area contributed by atoms with E-state index in [9.17, 15) is 4.21 Å². The normalized spacial score (nSPS) is 19.0. The Bertz CT molecular complexity index is 228. The molecule has 0 heterocycles. The number of guanidine groups is 1. The van der Waals surface area contributed by atoms with Crippen molar-refractivity contribution in [3.8, 4) is 0 Å². The fourth-order valence-electron chi connectivity index (χ4n) is 0.277. The van der Waals surface area contributed by atoms with Crippen molar-refractivity contribution in [2.75, 3.05) is 0 Å². The van der Waals surface area contributed by atoms with Crippen molar-refractivity contribution in [2.24, 2.45) is 16.5 Å². The van der Waals surface area contributed by atoms with Crippen LogP contribution in [0.5, 0.6) is 0 Å². The van der Waals surface area contributed by atoms with Gasteiger partial charge >= 0.3 is 0 Å². The minimum atomic E-state index is -3.31. The first-order chi connectivity index (χ1) is 4.34. The highest BCUT2D eigenvalue weighted by molar-refractivity contribution is 8.30. The number of nitrogens with two attached hydrogens (primary N) is 2. The average molecular weight is 183 g/mol. The molecule has 7 heteroatoms. The lowest BCUT2D eigenvalue weighted by molar-refractivity contribution is 0.550. The largest absolute Gasteiger partial charge is 0.370 e. The molecule has 0 aromatic rings. The van der Waals surface area contributed by atoms with Crippen molar-refractivity contribution in [3.05, 3.63) is 0 Å². The molecule has 0 aliphatic rings. The summed E-state index contributed by atoms with van der Waals surface area (Å²) in [5.41, 5.74) is 9.87. The summed E-state index contributed by atoms with van der Waals surface area (Å²) in [5, 5.41) is -0.924. The molecule has 0 amide bonds. The van der Waals surface area contributed by atoms with E-state index in [1.807, 2.05) is 0 Å². The summed E-state index contributed by atoms with van der Waals surface area (Å²) in [6.07, 6.45) is 0. The maximum atomic E-state index is 10.6. The van der Waals surface area contributed by atoms with E-state index in [4.69, 9.17) is 16.0 Å². The Balaban J connectivity index is 4.42. The van der Waals surface area contributed by atoms with Gasteiger partial charge in [-0.1, -0.05) is 0 Å². The van der Waals surface area contributed by atoms with Gasteiger partial charge in [0.15, 0.2) is 20.1 Å². The number of hydrogen-bond donors (Lipinski definition) is 3. The van der Waals surface area contributed by atoms with Gasteiger partial charge in [0.2, 0.25) is 0 Å². The predicted molar refractivity (Wildman–Crippen MR) is 43.4 cm³/mol. The lowest BCUT2D eigenvalue weighted by Crippen LogP contribution is -2.27.